The number of rotatable bonds is 7. The Balaban J connectivity index is 2.61. The van der Waals surface area contributed by atoms with Crippen LogP contribution in [-0.2, 0) is 0 Å². The molecule has 2 nitrogen and oxygen atoms in total. The van der Waals surface area contributed by atoms with Gasteiger partial charge < -0.3 is 4.74 Å². The first-order chi connectivity index (χ1) is 8.71. The van der Waals surface area contributed by atoms with E-state index in [9.17, 15) is 0 Å². The van der Waals surface area contributed by atoms with E-state index in [1.165, 1.54) is 19.3 Å². The van der Waals surface area contributed by atoms with Crippen LogP contribution in [-0.4, -0.2) is 6.61 Å². The van der Waals surface area contributed by atoms with Crippen LogP contribution in [0.1, 0.15) is 45.1 Å². The summed E-state index contributed by atoms with van der Waals surface area (Å²) in [4.78, 5) is 0. The molecule has 0 heterocycles. The molecule has 1 rings (SSSR count). The molecule has 1 unspecified atom stereocenters. The summed E-state index contributed by atoms with van der Waals surface area (Å²) in [5, 5.41) is 9.60. The van der Waals surface area contributed by atoms with Gasteiger partial charge in [-0.3, -0.25) is 0 Å². The third kappa shape index (κ3) is 4.58. The van der Waals surface area contributed by atoms with Crippen LogP contribution < -0.4 is 4.74 Å². The highest BCUT2D eigenvalue weighted by molar-refractivity contribution is 6.30. The molecular formula is C15H20ClNO. The minimum absolute atomic E-state index is 0.546. The molecule has 1 atom stereocenters. The van der Waals surface area contributed by atoms with Crippen molar-refractivity contribution in [2.24, 2.45) is 5.92 Å². The molecule has 18 heavy (non-hydrogen) atoms. The number of benzene rings is 1. The van der Waals surface area contributed by atoms with E-state index >= 15 is 0 Å². The Hall–Kier alpha value is -1.20. The quantitative estimate of drug-likeness (QED) is 0.709. The molecule has 1 aromatic carbocycles. The number of nitrogens with zero attached hydrogens (tertiary/aromatic N) is 1. The van der Waals surface area contributed by atoms with Crippen LogP contribution in [0.2, 0.25) is 5.02 Å². The lowest BCUT2D eigenvalue weighted by molar-refractivity contribution is 0.233. The van der Waals surface area contributed by atoms with Crippen LogP contribution in [0.15, 0.2) is 18.2 Å². The first kappa shape index (κ1) is 14.9. The zero-order chi connectivity index (χ0) is 13.4. The smallest absolute Gasteiger partial charge is 0.138 e. The highest BCUT2D eigenvalue weighted by Gasteiger charge is 2.09. The number of unbranched alkanes of at least 4 members (excludes halogenated alkanes) is 1. The lowest BCUT2D eigenvalue weighted by Crippen LogP contribution is -2.11. The summed E-state index contributed by atoms with van der Waals surface area (Å²) in [6, 6.07) is 7.25. The Bertz CT molecular complexity index is 411. The van der Waals surface area contributed by atoms with Crippen molar-refractivity contribution in [2.45, 2.75) is 39.5 Å². The molecule has 0 N–H and O–H groups in total. The molecule has 98 valence electrons. The van der Waals surface area contributed by atoms with E-state index in [4.69, 9.17) is 21.6 Å². The summed E-state index contributed by atoms with van der Waals surface area (Å²) in [7, 11) is 0. The van der Waals surface area contributed by atoms with Crippen molar-refractivity contribution in [2.75, 3.05) is 6.61 Å². The predicted octanol–water partition coefficient (Wildman–Crippen LogP) is 4.81. The average molecular weight is 266 g/mol. The summed E-state index contributed by atoms with van der Waals surface area (Å²) in [5.41, 5.74) is 0.546. The Morgan fingerprint density at radius 3 is 2.78 bits per heavy atom. The molecule has 0 saturated carbocycles. The van der Waals surface area contributed by atoms with Crippen molar-refractivity contribution in [3.63, 3.8) is 0 Å². The van der Waals surface area contributed by atoms with Gasteiger partial charge in [-0.15, -0.1) is 0 Å². The first-order valence-electron chi connectivity index (χ1n) is 6.53. The fourth-order valence-corrected chi connectivity index (χ4v) is 1.98. The van der Waals surface area contributed by atoms with Gasteiger partial charge in [0, 0.05) is 11.1 Å². The zero-order valence-electron chi connectivity index (χ0n) is 11.1. The average Bonchev–Trinajstić information content (AvgIpc) is 2.39. The molecule has 0 amide bonds. The van der Waals surface area contributed by atoms with Crippen LogP contribution in [0.4, 0.5) is 0 Å². The Kier molecular flexibility index (Phi) is 6.60. The maximum absolute atomic E-state index is 9.00. The maximum atomic E-state index is 9.00. The van der Waals surface area contributed by atoms with Gasteiger partial charge >= 0.3 is 0 Å². The predicted molar refractivity (Wildman–Crippen MR) is 75.0 cm³/mol. The van der Waals surface area contributed by atoms with E-state index in [1.807, 2.05) is 0 Å². The van der Waals surface area contributed by atoms with Gasteiger partial charge in [0.1, 0.15) is 11.8 Å². The third-order valence-corrected chi connectivity index (χ3v) is 3.32. The SMILES string of the molecule is CCCCC(CC)COc1cc(Cl)ccc1C#N. The summed E-state index contributed by atoms with van der Waals surface area (Å²) in [5.74, 6) is 1.15. The van der Waals surface area contributed by atoms with Crippen molar-refractivity contribution in [1.82, 2.24) is 0 Å². The van der Waals surface area contributed by atoms with E-state index in [1.54, 1.807) is 18.2 Å². The van der Waals surface area contributed by atoms with Crippen LogP contribution in [0.3, 0.4) is 0 Å². The summed E-state index contributed by atoms with van der Waals surface area (Å²) in [6.45, 7) is 5.02. The highest BCUT2D eigenvalue weighted by atomic mass is 35.5. The van der Waals surface area contributed by atoms with E-state index in [2.05, 4.69) is 19.9 Å². The van der Waals surface area contributed by atoms with E-state index in [0.717, 1.165) is 6.42 Å². The molecule has 3 heteroatoms. The minimum atomic E-state index is 0.546. The zero-order valence-corrected chi connectivity index (χ0v) is 11.8. The van der Waals surface area contributed by atoms with E-state index < -0.39 is 0 Å². The normalized spacial score (nSPS) is 11.9. The molecule has 0 aliphatic heterocycles. The fourth-order valence-electron chi connectivity index (χ4n) is 1.81. The minimum Gasteiger partial charge on any atom is -0.492 e. The van der Waals surface area contributed by atoms with Gasteiger partial charge in [-0.05, 0) is 24.5 Å². The Morgan fingerprint density at radius 2 is 2.17 bits per heavy atom. The Morgan fingerprint density at radius 1 is 1.39 bits per heavy atom. The monoisotopic (exact) mass is 265 g/mol. The van der Waals surface area contributed by atoms with Crippen LogP contribution in [0.25, 0.3) is 0 Å². The second-order valence-corrected chi connectivity index (χ2v) is 4.92. The van der Waals surface area contributed by atoms with Gasteiger partial charge in [-0.1, -0.05) is 44.7 Å². The van der Waals surface area contributed by atoms with Crippen LogP contribution >= 0.6 is 11.6 Å². The van der Waals surface area contributed by atoms with Gasteiger partial charge in [0.25, 0.3) is 0 Å². The van der Waals surface area contributed by atoms with Crippen molar-refractivity contribution in [3.8, 4) is 11.8 Å². The molecule has 0 bridgehead atoms. The molecule has 0 aliphatic rings. The highest BCUT2D eigenvalue weighted by Crippen LogP contribution is 2.24. The lowest BCUT2D eigenvalue weighted by atomic mass is 10.0. The van der Waals surface area contributed by atoms with Gasteiger partial charge in [0.2, 0.25) is 0 Å². The number of halogens is 1. The van der Waals surface area contributed by atoms with Crippen molar-refractivity contribution < 1.29 is 4.74 Å². The van der Waals surface area contributed by atoms with Gasteiger partial charge in [-0.25, -0.2) is 0 Å². The molecule has 0 aromatic heterocycles. The molecule has 0 radical (unpaired) electrons. The van der Waals surface area contributed by atoms with E-state index in [-0.39, 0.29) is 0 Å². The number of hydrogen-bond acceptors (Lipinski definition) is 2. The maximum Gasteiger partial charge on any atom is 0.138 e. The van der Waals surface area contributed by atoms with Crippen LogP contribution in [0.5, 0.6) is 5.75 Å². The lowest BCUT2D eigenvalue weighted by Gasteiger charge is -2.16. The summed E-state index contributed by atoms with van der Waals surface area (Å²) in [6.07, 6.45) is 4.71. The fraction of sp³-hybridized carbons (Fsp3) is 0.533. The van der Waals surface area contributed by atoms with Crippen molar-refractivity contribution in [1.29, 1.82) is 5.26 Å². The standard InChI is InChI=1S/C15H20ClNO/c1-3-5-6-12(4-2)11-18-15-9-14(16)8-7-13(15)10-17/h7-9,12H,3-6,11H2,1-2H3. The molecule has 1 aromatic rings. The van der Waals surface area contributed by atoms with Gasteiger partial charge in [0.15, 0.2) is 0 Å². The largest absolute Gasteiger partial charge is 0.492 e. The molecule has 0 spiro atoms. The number of ether oxygens (including phenoxy) is 1. The van der Waals surface area contributed by atoms with Crippen molar-refractivity contribution >= 4 is 11.6 Å². The first-order valence-corrected chi connectivity index (χ1v) is 6.91. The Labute approximate surface area is 115 Å². The molecule has 0 saturated heterocycles. The summed E-state index contributed by atoms with van der Waals surface area (Å²) < 4.78 is 5.75. The van der Waals surface area contributed by atoms with Gasteiger partial charge in [-0.2, -0.15) is 5.26 Å². The topological polar surface area (TPSA) is 33.0 Å². The number of hydrogen-bond donors (Lipinski definition) is 0. The van der Waals surface area contributed by atoms with E-state index in [0.29, 0.717) is 28.9 Å². The molecular weight excluding hydrogens is 246 g/mol. The number of nitriles is 1. The molecule has 0 aliphatic carbocycles. The van der Waals surface area contributed by atoms with Crippen molar-refractivity contribution in [3.05, 3.63) is 28.8 Å². The second-order valence-electron chi connectivity index (χ2n) is 4.48. The van der Waals surface area contributed by atoms with Crippen LogP contribution in [0, 0.1) is 17.2 Å². The van der Waals surface area contributed by atoms with Gasteiger partial charge in [0.05, 0.1) is 12.2 Å². The second kappa shape index (κ2) is 8.00. The summed E-state index contributed by atoms with van der Waals surface area (Å²) >= 11 is 5.92. The third-order valence-electron chi connectivity index (χ3n) is 3.08. The molecule has 0 fully saturated rings.